The molecule has 0 radical (unpaired) electrons. The van der Waals surface area contributed by atoms with Crippen LogP contribution in [0.3, 0.4) is 0 Å². The largest absolute Gasteiger partial charge is 0.483 e. The molecule has 0 aliphatic heterocycles. The SMILES string of the molecule is CNC(C)c1ccccc1OCC(=O)NC1CC1. The third kappa shape index (κ3) is 3.47. The Morgan fingerprint density at radius 1 is 1.44 bits per heavy atom. The fourth-order valence-electron chi connectivity index (χ4n) is 1.77. The number of hydrogen-bond acceptors (Lipinski definition) is 3. The summed E-state index contributed by atoms with van der Waals surface area (Å²) in [5.74, 6) is 0.731. The van der Waals surface area contributed by atoms with Crippen LogP contribution in [0.2, 0.25) is 0 Å². The number of rotatable bonds is 6. The Hall–Kier alpha value is -1.55. The van der Waals surface area contributed by atoms with Gasteiger partial charge in [-0.3, -0.25) is 4.79 Å². The van der Waals surface area contributed by atoms with Crippen molar-refractivity contribution in [1.82, 2.24) is 10.6 Å². The second-order valence-corrected chi connectivity index (χ2v) is 4.68. The van der Waals surface area contributed by atoms with Crippen LogP contribution in [0, 0.1) is 0 Å². The van der Waals surface area contributed by atoms with Crippen molar-refractivity contribution in [1.29, 1.82) is 0 Å². The van der Waals surface area contributed by atoms with Gasteiger partial charge in [0.25, 0.3) is 5.91 Å². The van der Waals surface area contributed by atoms with Gasteiger partial charge in [-0.05, 0) is 32.9 Å². The number of ether oxygens (including phenoxy) is 1. The lowest BCUT2D eigenvalue weighted by atomic mass is 10.1. The van der Waals surface area contributed by atoms with E-state index < -0.39 is 0 Å². The molecule has 2 rings (SSSR count). The molecule has 98 valence electrons. The highest BCUT2D eigenvalue weighted by Gasteiger charge is 2.23. The first kappa shape index (κ1) is 12.9. The van der Waals surface area contributed by atoms with Gasteiger partial charge in [-0.1, -0.05) is 18.2 Å². The molecule has 0 bridgehead atoms. The number of hydrogen-bond donors (Lipinski definition) is 2. The minimum atomic E-state index is -0.0376. The minimum absolute atomic E-state index is 0.0376. The fraction of sp³-hybridized carbons (Fsp3) is 0.500. The van der Waals surface area contributed by atoms with Crippen LogP contribution in [0.15, 0.2) is 24.3 Å². The predicted molar refractivity (Wildman–Crippen MR) is 70.6 cm³/mol. The lowest BCUT2D eigenvalue weighted by Gasteiger charge is -2.16. The summed E-state index contributed by atoms with van der Waals surface area (Å²) in [7, 11) is 1.90. The van der Waals surface area contributed by atoms with E-state index in [-0.39, 0.29) is 18.6 Å². The Bertz CT molecular complexity index is 416. The molecule has 1 amide bonds. The van der Waals surface area contributed by atoms with Crippen LogP contribution in [0.5, 0.6) is 5.75 Å². The quantitative estimate of drug-likeness (QED) is 0.804. The third-order valence-corrected chi connectivity index (χ3v) is 3.12. The standard InChI is InChI=1S/C14H20N2O2/c1-10(15-2)12-5-3-4-6-13(12)18-9-14(17)16-11-7-8-11/h3-6,10-11,15H,7-9H2,1-2H3,(H,16,17). The average molecular weight is 248 g/mol. The number of para-hydroxylation sites is 1. The van der Waals surface area contributed by atoms with Gasteiger partial charge < -0.3 is 15.4 Å². The number of carbonyl (C=O) groups excluding carboxylic acids is 1. The van der Waals surface area contributed by atoms with Gasteiger partial charge in [-0.25, -0.2) is 0 Å². The summed E-state index contributed by atoms with van der Waals surface area (Å²) in [5, 5.41) is 6.08. The van der Waals surface area contributed by atoms with Crippen LogP contribution < -0.4 is 15.4 Å². The first-order valence-corrected chi connectivity index (χ1v) is 6.39. The highest BCUT2D eigenvalue weighted by molar-refractivity contribution is 5.78. The first-order valence-electron chi connectivity index (χ1n) is 6.39. The highest BCUT2D eigenvalue weighted by Crippen LogP contribution is 2.24. The minimum Gasteiger partial charge on any atom is -0.483 e. The molecule has 2 N–H and O–H groups in total. The Labute approximate surface area is 108 Å². The molecule has 1 saturated carbocycles. The summed E-state index contributed by atoms with van der Waals surface area (Å²) in [6, 6.07) is 8.38. The maximum atomic E-state index is 11.6. The maximum absolute atomic E-state index is 11.6. The van der Waals surface area contributed by atoms with Gasteiger partial charge >= 0.3 is 0 Å². The summed E-state index contributed by atoms with van der Waals surface area (Å²) < 4.78 is 5.60. The molecule has 4 nitrogen and oxygen atoms in total. The van der Waals surface area contributed by atoms with Crippen LogP contribution in [0.4, 0.5) is 0 Å². The smallest absolute Gasteiger partial charge is 0.258 e. The van der Waals surface area contributed by atoms with Gasteiger partial charge in [0.2, 0.25) is 0 Å². The maximum Gasteiger partial charge on any atom is 0.258 e. The molecule has 1 fully saturated rings. The van der Waals surface area contributed by atoms with Crippen molar-refractivity contribution in [3.8, 4) is 5.75 Å². The van der Waals surface area contributed by atoms with Crippen LogP contribution in [0.25, 0.3) is 0 Å². The monoisotopic (exact) mass is 248 g/mol. The summed E-state index contributed by atoms with van der Waals surface area (Å²) in [6.45, 7) is 2.15. The first-order chi connectivity index (χ1) is 8.70. The van der Waals surface area contributed by atoms with E-state index in [1.165, 1.54) is 0 Å². The number of nitrogens with one attached hydrogen (secondary N) is 2. The third-order valence-electron chi connectivity index (χ3n) is 3.12. The Balaban J connectivity index is 1.93. The second-order valence-electron chi connectivity index (χ2n) is 4.68. The van der Waals surface area contributed by atoms with E-state index in [0.717, 1.165) is 24.2 Å². The highest BCUT2D eigenvalue weighted by atomic mass is 16.5. The lowest BCUT2D eigenvalue weighted by Crippen LogP contribution is -2.30. The van der Waals surface area contributed by atoms with Crippen molar-refractivity contribution < 1.29 is 9.53 Å². The zero-order chi connectivity index (χ0) is 13.0. The molecule has 1 aromatic rings. The average Bonchev–Trinajstić information content (AvgIpc) is 3.19. The molecule has 18 heavy (non-hydrogen) atoms. The molecule has 1 unspecified atom stereocenters. The number of carbonyl (C=O) groups is 1. The Kier molecular flexibility index (Phi) is 4.20. The number of amides is 1. The molecule has 0 spiro atoms. The van der Waals surface area contributed by atoms with Crippen molar-refractivity contribution in [2.75, 3.05) is 13.7 Å². The molecule has 1 aromatic carbocycles. The Morgan fingerprint density at radius 3 is 2.83 bits per heavy atom. The van der Waals surface area contributed by atoms with Crippen LogP contribution in [-0.4, -0.2) is 25.6 Å². The predicted octanol–water partition coefficient (Wildman–Crippen LogP) is 1.62. The molecule has 1 aliphatic rings. The zero-order valence-corrected chi connectivity index (χ0v) is 10.9. The molecule has 0 heterocycles. The van der Waals surface area contributed by atoms with Gasteiger partial charge in [-0.15, -0.1) is 0 Å². The van der Waals surface area contributed by atoms with E-state index >= 15 is 0 Å². The van der Waals surface area contributed by atoms with Gasteiger partial charge in [0, 0.05) is 17.6 Å². The van der Waals surface area contributed by atoms with Crippen molar-refractivity contribution in [3.05, 3.63) is 29.8 Å². The molecular weight excluding hydrogens is 228 g/mol. The van der Waals surface area contributed by atoms with E-state index in [1.807, 2.05) is 31.3 Å². The summed E-state index contributed by atoms with van der Waals surface area (Å²) in [6.07, 6.45) is 2.19. The van der Waals surface area contributed by atoms with Crippen LogP contribution >= 0.6 is 0 Å². The molecule has 1 atom stereocenters. The summed E-state index contributed by atoms with van der Waals surface area (Å²) in [4.78, 5) is 11.6. The van der Waals surface area contributed by atoms with Crippen molar-refractivity contribution in [3.63, 3.8) is 0 Å². The van der Waals surface area contributed by atoms with Gasteiger partial charge in [0.05, 0.1) is 0 Å². The summed E-state index contributed by atoms with van der Waals surface area (Å²) in [5.41, 5.74) is 1.07. The molecule has 1 aliphatic carbocycles. The molecule has 4 heteroatoms. The normalized spacial score (nSPS) is 16.1. The zero-order valence-electron chi connectivity index (χ0n) is 10.9. The van der Waals surface area contributed by atoms with E-state index in [4.69, 9.17) is 4.74 Å². The van der Waals surface area contributed by atoms with E-state index in [9.17, 15) is 4.79 Å². The van der Waals surface area contributed by atoms with Crippen molar-refractivity contribution in [2.45, 2.75) is 31.8 Å². The molecular formula is C14H20N2O2. The van der Waals surface area contributed by atoms with E-state index in [1.54, 1.807) is 0 Å². The van der Waals surface area contributed by atoms with Crippen molar-refractivity contribution in [2.24, 2.45) is 0 Å². The van der Waals surface area contributed by atoms with E-state index in [0.29, 0.717) is 6.04 Å². The van der Waals surface area contributed by atoms with Crippen LogP contribution in [-0.2, 0) is 4.79 Å². The van der Waals surface area contributed by atoms with Crippen molar-refractivity contribution >= 4 is 5.91 Å². The molecule has 0 aromatic heterocycles. The Morgan fingerprint density at radius 2 is 2.17 bits per heavy atom. The topological polar surface area (TPSA) is 50.4 Å². The van der Waals surface area contributed by atoms with Gasteiger partial charge in [-0.2, -0.15) is 0 Å². The van der Waals surface area contributed by atoms with E-state index in [2.05, 4.69) is 17.6 Å². The van der Waals surface area contributed by atoms with Gasteiger partial charge in [0.1, 0.15) is 5.75 Å². The second kappa shape index (κ2) is 5.87. The lowest BCUT2D eigenvalue weighted by molar-refractivity contribution is -0.123. The van der Waals surface area contributed by atoms with Crippen LogP contribution in [0.1, 0.15) is 31.4 Å². The molecule has 0 saturated heterocycles. The number of benzene rings is 1. The fourth-order valence-corrected chi connectivity index (χ4v) is 1.77. The summed E-state index contributed by atoms with van der Waals surface area (Å²) >= 11 is 0. The van der Waals surface area contributed by atoms with Gasteiger partial charge in [0.15, 0.2) is 6.61 Å².